The number of carbonyl (C=O) groups is 8. The number of carboxylic acids is 1. The van der Waals surface area contributed by atoms with Crippen LogP contribution in [0.2, 0.25) is 0 Å². The molecule has 2 unspecified atom stereocenters. The van der Waals surface area contributed by atoms with E-state index in [0.29, 0.717) is 85.7 Å². The van der Waals surface area contributed by atoms with Gasteiger partial charge in [-0.2, -0.15) is 0 Å². The lowest BCUT2D eigenvalue weighted by atomic mass is 9.92. The van der Waals surface area contributed by atoms with Crippen LogP contribution in [0.25, 0.3) is 0 Å². The highest BCUT2D eigenvalue weighted by Crippen LogP contribution is 2.20. The van der Waals surface area contributed by atoms with Crippen LogP contribution in [0.5, 0.6) is 17.2 Å². The summed E-state index contributed by atoms with van der Waals surface area (Å²) >= 11 is 0. The lowest BCUT2D eigenvalue weighted by molar-refractivity contribution is -0.137. The van der Waals surface area contributed by atoms with E-state index in [1.165, 1.54) is 21.3 Å². The number of aliphatic carboxylic acids is 1. The number of ether oxygens (including phenoxy) is 6. The molecule has 0 aliphatic carbocycles. The van der Waals surface area contributed by atoms with Gasteiger partial charge in [0.05, 0.1) is 61.0 Å². The molecule has 3 rings (SSSR count). The summed E-state index contributed by atoms with van der Waals surface area (Å²) < 4.78 is 33.5. The molecule has 22 nitrogen and oxygen atoms in total. The molecule has 0 radical (unpaired) electrons. The maximum Gasteiger partial charge on any atom is 0.303 e. The molecule has 0 saturated carbocycles. The molecule has 22 heteroatoms. The minimum atomic E-state index is -1.38. The predicted molar refractivity (Wildman–Crippen MR) is 286 cm³/mol. The van der Waals surface area contributed by atoms with E-state index in [9.17, 15) is 43.5 Å². The normalized spacial score (nSPS) is 11.8. The van der Waals surface area contributed by atoms with Gasteiger partial charge in [0.2, 0.25) is 23.6 Å². The second-order valence-corrected chi connectivity index (χ2v) is 18.4. The molecule has 8 N–H and O–H groups in total. The summed E-state index contributed by atoms with van der Waals surface area (Å²) in [5, 5.41) is 29.1. The Hall–Kier alpha value is -7.30. The first kappa shape index (κ1) is 64.0. The number of carboxylic acid groups (broad SMARTS) is 1. The average molecular weight is 1080 g/mol. The SMILES string of the molecule is COc1ccc(C(=O)NCCCNC(=O)CCOCC(COCCC(=O)NCCCNC(=O)c2ccc(OC)cc2)(COCCC(=O)NCCCNC(=O)c2ccc(OC)cc2)NC(=O)C(C)CC(C)CCC(=O)O)cc1. The fourth-order valence-corrected chi connectivity index (χ4v) is 7.47. The quantitative estimate of drug-likeness (QED) is 0.0379. The molecule has 0 bridgehead atoms. The summed E-state index contributed by atoms with van der Waals surface area (Å²) in [6.45, 7) is 4.62. The van der Waals surface area contributed by atoms with E-state index in [2.05, 4.69) is 37.2 Å². The summed E-state index contributed by atoms with van der Waals surface area (Å²) in [4.78, 5) is 101. The highest BCUT2D eigenvalue weighted by Gasteiger charge is 2.35. The minimum Gasteiger partial charge on any atom is -0.497 e. The van der Waals surface area contributed by atoms with Crippen LogP contribution in [-0.2, 0) is 38.2 Å². The Morgan fingerprint density at radius 1 is 0.468 bits per heavy atom. The molecule has 2 atom stereocenters. The van der Waals surface area contributed by atoms with Gasteiger partial charge in [-0.05, 0) is 111 Å². The first-order valence-corrected chi connectivity index (χ1v) is 25.9. The molecule has 424 valence electrons. The number of carbonyl (C=O) groups excluding carboxylic acids is 7. The first-order valence-electron chi connectivity index (χ1n) is 25.9. The van der Waals surface area contributed by atoms with Gasteiger partial charge in [0.25, 0.3) is 17.7 Å². The monoisotopic (exact) mass is 1080 g/mol. The summed E-state index contributed by atoms with van der Waals surface area (Å²) in [5.41, 5.74) is 0.0346. The van der Waals surface area contributed by atoms with E-state index in [1.54, 1.807) is 79.7 Å². The van der Waals surface area contributed by atoms with Crippen molar-refractivity contribution in [3.63, 3.8) is 0 Å². The van der Waals surface area contributed by atoms with Gasteiger partial charge in [0, 0.05) is 87.6 Å². The van der Waals surface area contributed by atoms with E-state index in [1.807, 2.05) is 6.92 Å². The van der Waals surface area contributed by atoms with Gasteiger partial charge < -0.3 is 70.7 Å². The highest BCUT2D eigenvalue weighted by atomic mass is 16.5. The van der Waals surface area contributed by atoms with E-state index >= 15 is 0 Å². The van der Waals surface area contributed by atoms with Gasteiger partial charge in [0.1, 0.15) is 22.8 Å². The molecule has 0 aromatic heterocycles. The molecule has 77 heavy (non-hydrogen) atoms. The zero-order valence-corrected chi connectivity index (χ0v) is 45.1. The van der Waals surface area contributed by atoms with Gasteiger partial charge in [-0.15, -0.1) is 0 Å². The van der Waals surface area contributed by atoms with E-state index in [4.69, 9.17) is 28.4 Å². The lowest BCUT2D eigenvalue weighted by Gasteiger charge is -2.35. The van der Waals surface area contributed by atoms with Crippen molar-refractivity contribution in [2.75, 3.05) is 100 Å². The number of hydrogen-bond donors (Lipinski definition) is 8. The van der Waals surface area contributed by atoms with E-state index < -0.39 is 23.3 Å². The van der Waals surface area contributed by atoms with Crippen molar-refractivity contribution in [1.82, 2.24) is 37.2 Å². The topological polar surface area (TPSA) is 296 Å². The number of benzene rings is 3. The number of hydrogen-bond acceptors (Lipinski definition) is 14. The molecule has 0 aliphatic rings. The van der Waals surface area contributed by atoms with Crippen molar-refractivity contribution >= 4 is 47.3 Å². The van der Waals surface area contributed by atoms with Gasteiger partial charge in [-0.1, -0.05) is 13.8 Å². The van der Waals surface area contributed by atoms with Crippen molar-refractivity contribution < 1.29 is 71.9 Å². The van der Waals surface area contributed by atoms with Crippen molar-refractivity contribution in [1.29, 1.82) is 0 Å². The number of amides is 7. The maximum atomic E-state index is 13.9. The molecular weight excluding hydrogens is 999 g/mol. The predicted octanol–water partition coefficient (Wildman–Crippen LogP) is 3.42. The Labute approximate surface area is 451 Å². The minimum absolute atomic E-state index is 0.0435. The number of methoxy groups -OCH3 is 3. The van der Waals surface area contributed by atoms with Gasteiger partial charge in [-0.25, -0.2) is 0 Å². The van der Waals surface area contributed by atoms with Gasteiger partial charge in [-0.3, -0.25) is 38.4 Å². The zero-order valence-electron chi connectivity index (χ0n) is 45.1. The fraction of sp³-hybridized carbons (Fsp3) is 0.527. The third-order valence-electron chi connectivity index (χ3n) is 11.9. The molecule has 0 aliphatic heterocycles. The Kier molecular flexibility index (Phi) is 30.5. The zero-order chi connectivity index (χ0) is 56.3. The molecule has 0 fully saturated rings. The highest BCUT2D eigenvalue weighted by molar-refractivity contribution is 5.95. The van der Waals surface area contributed by atoms with Crippen LogP contribution in [0, 0.1) is 11.8 Å². The smallest absolute Gasteiger partial charge is 0.303 e. The Balaban J connectivity index is 1.59. The van der Waals surface area contributed by atoms with Crippen LogP contribution in [-0.4, -0.2) is 158 Å². The van der Waals surface area contributed by atoms with Gasteiger partial charge >= 0.3 is 5.97 Å². The fourth-order valence-electron chi connectivity index (χ4n) is 7.47. The molecule has 0 heterocycles. The third-order valence-corrected chi connectivity index (χ3v) is 11.9. The Morgan fingerprint density at radius 2 is 0.779 bits per heavy atom. The van der Waals surface area contributed by atoms with Crippen LogP contribution < -0.4 is 51.4 Å². The van der Waals surface area contributed by atoms with E-state index in [0.717, 1.165) is 0 Å². The molecule has 0 spiro atoms. The van der Waals surface area contributed by atoms with Crippen molar-refractivity contribution in [2.45, 2.75) is 77.2 Å². The second-order valence-electron chi connectivity index (χ2n) is 18.4. The van der Waals surface area contributed by atoms with Crippen LogP contribution in [0.15, 0.2) is 72.8 Å². The van der Waals surface area contributed by atoms with Crippen LogP contribution in [0.3, 0.4) is 0 Å². The summed E-state index contributed by atoms with van der Waals surface area (Å²) in [6, 6.07) is 20.0. The van der Waals surface area contributed by atoms with Crippen LogP contribution in [0.1, 0.15) is 103 Å². The third kappa shape index (κ3) is 26.8. The Morgan fingerprint density at radius 3 is 1.08 bits per heavy atom. The average Bonchev–Trinajstić information content (AvgIpc) is 3.43. The molecular formula is C55H79N7O15. The largest absolute Gasteiger partial charge is 0.497 e. The van der Waals surface area contributed by atoms with Crippen molar-refractivity contribution in [3.8, 4) is 17.2 Å². The van der Waals surface area contributed by atoms with Crippen LogP contribution >= 0.6 is 0 Å². The molecule has 7 amide bonds. The van der Waals surface area contributed by atoms with E-state index in [-0.39, 0.29) is 126 Å². The van der Waals surface area contributed by atoms with Crippen LogP contribution in [0.4, 0.5) is 0 Å². The molecule has 0 saturated heterocycles. The standard InChI is InChI=1S/C55H79N7O15/c1-39(9-22-50(66)67)35-40(2)51(68)62-55(36-75-32-23-47(63)56-26-6-29-59-52(69)41-10-16-44(72-3)17-11-41,37-76-33-24-48(64)57-27-7-30-60-53(70)42-12-18-45(73-4)19-13-42)38-77-34-25-49(65)58-28-8-31-61-54(71)43-14-20-46(74-5)21-15-43/h10-21,39-40H,6-9,22-38H2,1-5H3,(H,56,63)(H,57,64)(H,58,65)(H,59,69)(H,60,70)(H,61,71)(H,62,68)(H,66,67). The molecule has 3 aromatic carbocycles. The van der Waals surface area contributed by atoms with Gasteiger partial charge in [0.15, 0.2) is 0 Å². The lowest BCUT2D eigenvalue weighted by Crippen LogP contribution is -2.59. The maximum absolute atomic E-state index is 13.9. The second kappa shape index (κ2) is 36.6. The Bertz CT molecular complexity index is 2070. The molecule has 3 aromatic rings. The first-order chi connectivity index (χ1) is 37.1. The summed E-state index contributed by atoms with van der Waals surface area (Å²) in [6.07, 6.45) is 1.97. The van der Waals surface area contributed by atoms with Crippen molar-refractivity contribution in [2.24, 2.45) is 11.8 Å². The number of rotatable bonds is 40. The number of nitrogens with one attached hydrogen (secondary N) is 7. The van der Waals surface area contributed by atoms with Crippen molar-refractivity contribution in [3.05, 3.63) is 89.5 Å². The summed E-state index contributed by atoms with van der Waals surface area (Å²) in [5.74, 6) is -1.83. The summed E-state index contributed by atoms with van der Waals surface area (Å²) in [7, 11) is 4.62.